The van der Waals surface area contributed by atoms with Gasteiger partial charge in [0.25, 0.3) is 0 Å². The number of benzene rings is 9. The van der Waals surface area contributed by atoms with Crippen LogP contribution in [0.1, 0.15) is 23.6 Å². The summed E-state index contributed by atoms with van der Waals surface area (Å²) in [7, 11) is 0. The molecule has 2 aliphatic rings. The van der Waals surface area contributed by atoms with Crippen molar-refractivity contribution < 1.29 is 4.42 Å². The Bertz CT molecular complexity index is 3510. The summed E-state index contributed by atoms with van der Waals surface area (Å²) in [6, 6.07) is 69.0. The molecule has 2 aromatic heterocycles. The fraction of sp³-hybridized carbons (Fsp3) is 0.0370. The maximum absolute atomic E-state index is 6.83. The second-order valence-corrected chi connectivity index (χ2v) is 16.8. The van der Waals surface area contributed by atoms with Gasteiger partial charge in [0, 0.05) is 43.0 Å². The summed E-state index contributed by atoms with van der Waals surface area (Å²) in [6.07, 6.45) is 0. The van der Waals surface area contributed by atoms with Crippen molar-refractivity contribution in [2.45, 2.75) is 12.3 Å². The molecular formula is C54H34N2OS. The first-order chi connectivity index (χ1) is 28.7. The summed E-state index contributed by atoms with van der Waals surface area (Å²) < 4.78 is 9.39. The summed E-state index contributed by atoms with van der Waals surface area (Å²) in [5, 5.41) is 7.32. The highest BCUT2D eigenvalue weighted by molar-refractivity contribution is 7.26. The van der Waals surface area contributed by atoms with Crippen LogP contribution in [0.2, 0.25) is 0 Å². The lowest BCUT2D eigenvalue weighted by atomic mass is 9.70. The van der Waals surface area contributed by atoms with E-state index in [1.54, 1.807) is 0 Å². The number of nitrogens with zero attached hydrogens (tertiary/aromatic N) is 2. The number of fused-ring (bicyclic) bond motifs is 13. The molecule has 0 bridgehead atoms. The van der Waals surface area contributed by atoms with E-state index in [2.05, 4.69) is 205 Å². The lowest BCUT2D eigenvalue weighted by Crippen LogP contribution is -2.32. The van der Waals surface area contributed by atoms with Crippen LogP contribution in [0, 0.1) is 0 Å². The fourth-order valence-corrected chi connectivity index (χ4v) is 11.5. The van der Waals surface area contributed by atoms with Crippen LogP contribution in [0.25, 0.3) is 64.0 Å². The number of para-hydroxylation sites is 4. The maximum atomic E-state index is 6.83. The summed E-state index contributed by atoms with van der Waals surface area (Å²) in [6.45, 7) is 2.44. The number of hydrogen-bond acceptors (Lipinski definition) is 4. The van der Waals surface area contributed by atoms with Gasteiger partial charge in [0.2, 0.25) is 0 Å². The Labute approximate surface area is 339 Å². The van der Waals surface area contributed by atoms with Gasteiger partial charge in [-0.1, -0.05) is 133 Å². The van der Waals surface area contributed by atoms with Crippen LogP contribution in [0.15, 0.2) is 192 Å². The van der Waals surface area contributed by atoms with E-state index < -0.39 is 5.41 Å². The molecule has 0 saturated carbocycles. The molecule has 0 N–H and O–H groups in total. The second-order valence-electron chi connectivity index (χ2n) is 15.7. The van der Waals surface area contributed by atoms with Crippen molar-refractivity contribution in [2.24, 2.45) is 0 Å². The summed E-state index contributed by atoms with van der Waals surface area (Å²) in [4.78, 5) is 4.97. The van der Waals surface area contributed by atoms with Gasteiger partial charge in [0.05, 0.1) is 27.4 Å². The number of furan rings is 1. The Kier molecular flexibility index (Phi) is 6.46. The predicted molar refractivity (Wildman–Crippen MR) is 244 cm³/mol. The molecule has 4 heteroatoms. The molecule has 3 heterocycles. The Hall–Kier alpha value is -7.14. The van der Waals surface area contributed by atoms with Crippen LogP contribution < -0.4 is 9.80 Å². The number of anilines is 6. The zero-order valence-electron chi connectivity index (χ0n) is 31.6. The maximum Gasteiger partial charge on any atom is 0.159 e. The van der Waals surface area contributed by atoms with Crippen molar-refractivity contribution >= 4 is 98.3 Å². The van der Waals surface area contributed by atoms with E-state index >= 15 is 0 Å². The van der Waals surface area contributed by atoms with Crippen LogP contribution in [0.5, 0.6) is 0 Å². The molecule has 0 amide bonds. The molecule has 0 fully saturated rings. The van der Waals surface area contributed by atoms with Gasteiger partial charge in [-0.25, -0.2) is 0 Å². The van der Waals surface area contributed by atoms with E-state index in [0.29, 0.717) is 0 Å². The van der Waals surface area contributed by atoms with E-state index in [1.807, 2.05) is 11.3 Å². The van der Waals surface area contributed by atoms with Crippen molar-refractivity contribution in [3.05, 3.63) is 205 Å². The van der Waals surface area contributed by atoms with Crippen molar-refractivity contribution in [1.29, 1.82) is 0 Å². The van der Waals surface area contributed by atoms with Crippen molar-refractivity contribution in [2.75, 3.05) is 9.80 Å². The molecule has 9 aromatic carbocycles. The minimum absolute atomic E-state index is 0.402. The molecule has 1 aliphatic heterocycles. The molecule has 11 aromatic rings. The number of rotatable bonds is 4. The zero-order valence-corrected chi connectivity index (χ0v) is 32.4. The molecule has 3 nitrogen and oxygen atoms in total. The molecular weight excluding hydrogens is 725 g/mol. The van der Waals surface area contributed by atoms with Crippen LogP contribution in [0.3, 0.4) is 0 Å². The molecule has 13 rings (SSSR count). The summed E-state index contributed by atoms with van der Waals surface area (Å²) in [5.41, 5.74) is 14.6. The molecule has 0 saturated heterocycles. The normalized spacial score (nSPS) is 15.4. The van der Waals surface area contributed by atoms with Crippen LogP contribution in [0.4, 0.5) is 34.1 Å². The van der Waals surface area contributed by atoms with Crippen molar-refractivity contribution in [1.82, 2.24) is 0 Å². The highest BCUT2D eigenvalue weighted by atomic mass is 32.1. The van der Waals surface area contributed by atoms with Gasteiger partial charge >= 0.3 is 0 Å². The summed E-state index contributed by atoms with van der Waals surface area (Å²) >= 11 is 1.87. The van der Waals surface area contributed by atoms with Crippen molar-refractivity contribution in [3.8, 4) is 11.1 Å². The van der Waals surface area contributed by atoms with Gasteiger partial charge in [-0.2, -0.15) is 0 Å². The largest absolute Gasteiger partial charge is 0.454 e. The molecule has 58 heavy (non-hydrogen) atoms. The Morgan fingerprint density at radius 3 is 2.14 bits per heavy atom. The minimum Gasteiger partial charge on any atom is -0.454 e. The number of hydrogen-bond donors (Lipinski definition) is 0. The lowest BCUT2D eigenvalue weighted by molar-refractivity contribution is 0.667. The SMILES string of the molecule is CC12c3ccccc3N(c3cccc4c3oc3ccccc34)c3cc(N(c4ccccc4)c4cccc5c4sc4ccccc45)cc(c31)-c1c2ccc2ccccc12. The smallest absolute Gasteiger partial charge is 0.159 e. The topological polar surface area (TPSA) is 19.6 Å². The Balaban J connectivity index is 1.18. The third-order valence-electron chi connectivity index (χ3n) is 12.8. The first-order valence-corrected chi connectivity index (χ1v) is 20.7. The van der Waals surface area contributed by atoms with E-state index in [4.69, 9.17) is 4.42 Å². The van der Waals surface area contributed by atoms with E-state index in [9.17, 15) is 0 Å². The molecule has 1 atom stereocenters. The number of thiophene rings is 1. The van der Waals surface area contributed by atoms with E-state index in [1.165, 1.54) is 58.8 Å². The van der Waals surface area contributed by atoms with Crippen LogP contribution in [-0.2, 0) is 5.41 Å². The highest BCUT2D eigenvalue weighted by Gasteiger charge is 2.49. The van der Waals surface area contributed by atoms with E-state index in [-0.39, 0.29) is 0 Å². The summed E-state index contributed by atoms with van der Waals surface area (Å²) in [5.74, 6) is 0. The Morgan fingerprint density at radius 2 is 1.22 bits per heavy atom. The quantitative estimate of drug-likeness (QED) is 0.178. The van der Waals surface area contributed by atoms with Gasteiger partial charge < -0.3 is 14.2 Å². The van der Waals surface area contributed by atoms with Crippen LogP contribution in [-0.4, -0.2) is 0 Å². The monoisotopic (exact) mass is 758 g/mol. The van der Waals surface area contributed by atoms with Gasteiger partial charge in [0.1, 0.15) is 5.58 Å². The zero-order chi connectivity index (χ0) is 38.1. The minimum atomic E-state index is -0.402. The van der Waals surface area contributed by atoms with Gasteiger partial charge in [-0.15, -0.1) is 11.3 Å². The van der Waals surface area contributed by atoms with Gasteiger partial charge in [-0.05, 0) is 100 Å². The van der Waals surface area contributed by atoms with E-state index in [0.717, 1.165) is 56.1 Å². The van der Waals surface area contributed by atoms with Crippen molar-refractivity contribution in [3.63, 3.8) is 0 Å². The molecule has 272 valence electrons. The standard InChI is InChI=1S/C54H34N2OS/c1-54-42-23-9-10-24-44(42)56(45-25-13-21-39-37-19-7-11-27-48(37)57-52(39)45)47-32-35(31-41(51(47)54)50-36-18-6-5-15-33(36)29-30-43(50)54)55(34-16-3-2-4-17-34)46-26-14-22-40-38-20-8-12-28-49(38)58-53(40)46/h2-32H,1H3. The Morgan fingerprint density at radius 1 is 0.517 bits per heavy atom. The highest BCUT2D eigenvalue weighted by Crippen LogP contribution is 2.65. The average Bonchev–Trinajstić information content (AvgIpc) is 3.94. The second kappa shape index (κ2) is 11.7. The molecule has 1 unspecified atom stereocenters. The average molecular weight is 759 g/mol. The third kappa shape index (κ3) is 4.17. The first-order valence-electron chi connectivity index (χ1n) is 19.9. The van der Waals surface area contributed by atoms with Gasteiger partial charge in [0.15, 0.2) is 5.58 Å². The molecule has 1 aliphatic carbocycles. The first kappa shape index (κ1) is 32.0. The van der Waals surface area contributed by atoms with Gasteiger partial charge in [-0.3, -0.25) is 0 Å². The lowest BCUT2D eigenvalue weighted by Gasteiger charge is -2.43. The van der Waals surface area contributed by atoms with Crippen LogP contribution >= 0.6 is 11.3 Å². The molecule has 0 spiro atoms. The molecule has 0 radical (unpaired) electrons. The predicted octanol–water partition coefficient (Wildman–Crippen LogP) is 15.7. The third-order valence-corrected chi connectivity index (χ3v) is 14.0. The fourth-order valence-electron chi connectivity index (χ4n) is 10.3.